The van der Waals surface area contributed by atoms with Gasteiger partial charge in [0.05, 0.1) is 6.10 Å². The Morgan fingerprint density at radius 3 is 1.94 bits per heavy atom. The molecule has 0 spiro atoms. The van der Waals surface area contributed by atoms with Crippen LogP contribution in [0.1, 0.15) is 56.9 Å². The fraction of sp³-hybridized carbons (Fsp3) is 0.625. The minimum Gasteiger partial charge on any atom is -0.388 e. The summed E-state index contributed by atoms with van der Waals surface area (Å²) >= 11 is 0. The molecule has 0 bridgehead atoms. The molecular formula is C16H26O. The molecule has 2 unspecified atom stereocenters. The quantitative estimate of drug-likeness (QED) is 0.821. The maximum atomic E-state index is 10.3. The summed E-state index contributed by atoms with van der Waals surface area (Å²) in [5.41, 5.74) is 3.75. The average Bonchev–Trinajstić information content (AvgIpc) is 2.14. The fourth-order valence-corrected chi connectivity index (χ4v) is 2.03. The predicted molar refractivity (Wildman–Crippen MR) is 74.1 cm³/mol. The number of hydrogen-bond donors (Lipinski definition) is 1. The number of hydrogen-bond acceptors (Lipinski definition) is 1. The van der Waals surface area contributed by atoms with Crippen LogP contribution in [0.25, 0.3) is 0 Å². The Labute approximate surface area is 106 Å². The molecule has 0 aliphatic rings. The second kappa shape index (κ2) is 5.22. The van der Waals surface area contributed by atoms with Crippen molar-refractivity contribution >= 4 is 0 Å². The van der Waals surface area contributed by atoms with E-state index in [0.29, 0.717) is 5.92 Å². The Bertz CT molecular complexity index is 353. The highest BCUT2D eigenvalue weighted by Crippen LogP contribution is 2.33. The first-order valence-electron chi connectivity index (χ1n) is 6.46. The van der Waals surface area contributed by atoms with Gasteiger partial charge in [-0.1, -0.05) is 57.0 Å². The van der Waals surface area contributed by atoms with E-state index in [-0.39, 0.29) is 11.5 Å². The number of aryl methyl sites for hydroxylation is 2. The van der Waals surface area contributed by atoms with Crippen molar-refractivity contribution in [2.45, 2.75) is 54.1 Å². The van der Waals surface area contributed by atoms with Gasteiger partial charge in [0.25, 0.3) is 0 Å². The largest absolute Gasteiger partial charge is 0.388 e. The summed E-state index contributed by atoms with van der Waals surface area (Å²) in [6.07, 6.45) is 0.481. The Morgan fingerprint density at radius 1 is 1.06 bits per heavy atom. The molecule has 0 saturated heterocycles. The van der Waals surface area contributed by atoms with Gasteiger partial charge in [-0.2, -0.15) is 0 Å². The summed E-state index contributed by atoms with van der Waals surface area (Å²) in [4.78, 5) is 0. The van der Waals surface area contributed by atoms with Crippen LogP contribution in [0.15, 0.2) is 18.2 Å². The van der Waals surface area contributed by atoms with Crippen LogP contribution in [0, 0.1) is 25.2 Å². The van der Waals surface area contributed by atoms with Crippen molar-refractivity contribution in [3.8, 4) is 0 Å². The Kier molecular flexibility index (Phi) is 4.37. The molecule has 1 aromatic carbocycles. The normalized spacial score (nSPS) is 15.7. The first-order valence-corrected chi connectivity index (χ1v) is 6.46. The van der Waals surface area contributed by atoms with E-state index in [1.165, 1.54) is 11.1 Å². The number of rotatable bonds is 3. The highest BCUT2D eigenvalue weighted by molar-refractivity contribution is 5.29. The van der Waals surface area contributed by atoms with Gasteiger partial charge in [0.2, 0.25) is 0 Å². The lowest BCUT2D eigenvalue weighted by molar-refractivity contribution is 0.110. The fourth-order valence-electron chi connectivity index (χ4n) is 2.03. The molecule has 0 fully saturated rings. The third-order valence-corrected chi connectivity index (χ3v) is 3.68. The Morgan fingerprint density at radius 2 is 1.53 bits per heavy atom. The van der Waals surface area contributed by atoms with Crippen LogP contribution in [0.2, 0.25) is 0 Å². The van der Waals surface area contributed by atoms with Gasteiger partial charge in [-0.25, -0.2) is 0 Å². The van der Waals surface area contributed by atoms with Gasteiger partial charge in [-0.05, 0) is 37.2 Å². The van der Waals surface area contributed by atoms with Crippen LogP contribution in [0.5, 0.6) is 0 Å². The molecule has 0 amide bonds. The van der Waals surface area contributed by atoms with Crippen molar-refractivity contribution < 1.29 is 5.11 Å². The maximum Gasteiger partial charge on any atom is 0.0793 e. The SMILES string of the molecule is Cc1cc(C)cc(C(O)CC(C)C(C)(C)C)c1. The number of aliphatic hydroxyl groups excluding tert-OH is 1. The van der Waals surface area contributed by atoms with E-state index in [4.69, 9.17) is 0 Å². The minimum atomic E-state index is -0.345. The van der Waals surface area contributed by atoms with Crippen molar-refractivity contribution in [2.24, 2.45) is 11.3 Å². The van der Waals surface area contributed by atoms with Gasteiger partial charge in [0.1, 0.15) is 0 Å². The summed E-state index contributed by atoms with van der Waals surface area (Å²) in [7, 11) is 0. The number of benzene rings is 1. The molecule has 0 heterocycles. The summed E-state index contributed by atoms with van der Waals surface area (Å²) < 4.78 is 0. The third-order valence-electron chi connectivity index (χ3n) is 3.68. The van der Waals surface area contributed by atoms with Crippen LogP contribution in [0.3, 0.4) is 0 Å². The smallest absolute Gasteiger partial charge is 0.0793 e. The van der Waals surface area contributed by atoms with Crippen LogP contribution in [-0.4, -0.2) is 5.11 Å². The Hall–Kier alpha value is -0.820. The molecule has 0 saturated carbocycles. The second-order valence-electron chi connectivity index (χ2n) is 6.44. The molecule has 0 aliphatic carbocycles. The van der Waals surface area contributed by atoms with Gasteiger partial charge in [-0.15, -0.1) is 0 Å². The predicted octanol–water partition coefficient (Wildman–Crippen LogP) is 4.41. The monoisotopic (exact) mass is 234 g/mol. The first-order chi connectivity index (χ1) is 7.70. The molecule has 0 aromatic heterocycles. The van der Waals surface area contributed by atoms with E-state index in [2.05, 4.69) is 59.7 Å². The molecule has 1 N–H and O–H groups in total. The standard InChI is InChI=1S/C16H26O/c1-11-7-12(2)9-14(8-11)15(17)10-13(3)16(4,5)6/h7-9,13,15,17H,10H2,1-6H3. The van der Waals surface area contributed by atoms with Crippen molar-refractivity contribution in [3.63, 3.8) is 0 Å². The zero-order valence-electron chi connectivity index (χ0n) is 12.0. The molecular weight excluding hydrogens is 208 g/mol. The zero-order valence-corrected chi connectivity index (χ0v) is 12.0. The third kappa shape index (κ3) is 4.16. The molecule has 1 heteroatoms. The van der Waals surface area contributed by atoms with Crippen molar-refractivity contribution in [1.29, 1.82) is 0 Å². The lowest BCUT2D eigenvalue weighted by Gasteiger charge is -2.29. The number of aliphatic hydroxyl groups is 1. The molecule has 17 heavy (non-hydrogen) atoms. The zero-order chi connectivity index (χ0) is 13.2. The summed E-state index contributed by atoms with van der Waals surface area (Å²) in [5.74, 6) is 0.498. The molecule has 0 aliphatic heterocycles. The highest BCUT2D eigenvalue weighted by Gasteiger charge is 2.23. The topological polar surface area (TPSA) is 20.2 Å². The molecule has 2 atom stereocenters. The summed E-state index contributed by atoms with van der Waals surface area (Å²) in [5, 5.41) is 10.3. The van der Waals surface area contributed by atoms with E-state index >= 15 is 0 Å². The average molecular weight is 234 g/mol. The van der Waals surface area contributed by atoms with Gasteiger partial charge in [0.15, 0.2) is 0 Å². The van der Waals surface area contributed by atoms with Crippen molar-refractivity contribution in [3.05, 3.63) is 34.9 Å². The summed E-state index contributed by atoms with van der Waals surface area (Å²) in [6.45, 7) is 13.1. The van der Waals surface area contributed by atoms with E-state index < -0.39 is 0 Å². The summed E-state index contributed by atoms with van der Waals surface area (Å²) in [6, 6.07) is 6.32. The molecule has 96 valence electrons. The molecule has 1 nitrogen and oxygen atoms in total. The molecule has 0 radical (unpaired) electrons. The van der Waals surface area contributed by atoms with Crippen LogP contribution >= 0.6 is 0 Å². The second-order valence-corrected chi connectivity index (χ2v) is 6.44. The molecule has 1 aromatic rings. The minimum absolute atomic E-state index is 0.250. The van der Waals surface area contributed by atoms with Crippen LogP contribution in [0.4, 0.5) is 0 Å². The first kappa shape index (κ1) is 14.2. The lowest BCUT2D eigenvalue weighted by Crippen LogP contribution is -2.19. The van der Waals surface area contributed by atoms with Crippen LogP contribution in [-0.2, 0) is 0 Å². The highest BCUT2D eigenvalue weighted by atomic mass is 16.3. The Balaban J connectivity index is 2.79. The van der Waals surface area contributed by atoms with Gasteiger partial charge in [0, 0.05) is 0 Å². The van der Waals surface area contributed by atoms with Crippen molar-refractivity contribution in [2.75, 3.05) is 0 Å². The van der Waals surface area contributed by atoms with Crippen molar-refractivity contribution in [1.82, 2.24) is 0 Å². The lowest BCUT2D eigenvalue weighted by atomic mass is 9.78. The van der Waals surface area contributed by atoms with Gasteiger partial charge in [-0.3, -0.25) is 0 Å². The van der Waals surface area contributed by atoms with Gasteiger partial charge >= 0.3 is 0 Å². The molecule has 1 rings (SSSR count). The van der Waals surface area contributed by atoms with E-state index in [1.54, 1.807) is 0 Å². The maximum absolute atomic E-state index is 10.3. The van der Waals surface area contributed by atoms with E-state index in [9.17, 15) is 5.11 Å². The van der Waals surface area contributed by atoms with E-state index in [0.717, 1.165) is 12.0 Å². The van der Waals surface area contributed by atoms with Gasteiger partial charge < -0.3 is 5.11 Å². The van der Waals surface area contributed by atoms with Crippen LogP contribution < -0.4 is 0 Å². The van der Waals surface area contributed by atoms with E-state index in [1.807, 2.05) is 0 Å².